The fraction of sp³-hybridized carbons (Fsp3) is 0.636. The van der Waals surface area contributed by atoms with E-state index in [4.69, 9.17) is 14.2 Å². The topological polar surface area (TPSA) is 71.8 Å². The fourth-order valence-electron chi connectivity index (χ4n) is 3.82. The van der Waals surface area contributed by atoms with Gasteiger partial charge in [0.15, 0.2) is 17.4 Å². The van der Waals surface area contributed by atoms with Crippen LogP contribution in [0.25, 0.3) is 11.0 Å². The number of carbonyl (C=O) groups excluding carboxylic acids is 1. The highest BCUT2D eigenvalue weighted by Crippen LogP contribution is 2.33. The molecule has 3 rings (SSSR count). The van der Waals surface area contributed by atoms with Crippen molar-refractivity contribution in [3.8, 4) is 11.8 Å². The number of esters is 1. The molecule has 1 atom stereocenters. The van der Waals surface area contributed by atoms with Gasteiger partial charge in [-0.15, -0.1) is 0 Å². The van der Waals surface area contributed by atoms with Gasteiger partial charge in [-0.2, -0.15) is 4.98 Å². The largest absolute Gasteiger partial charge is 0.484 e. The molecule has 1 fully saturated rings. The van der Waals surface area contributed by atoms with Gasteiger partial charge in [-0.3, -0.25) is 9.36 Å². The molecule has 11 heteroatoms. The lowest BCUT2D eigenvalue weighted by Gasteiger charge is -2.29. The van der Waals surface area contributed by atoms with E-state index in [0.29, 0.717) is 31.9 Å². The van der Waals surface area contributed by atoms with E-state index in [2.05, 4.69) is 9.72 Å². The molecule has 1 aromatic heterocycles. The standard InChI is InChI=1S/C22H28F4N2O5/c1-12(8-18(29)30-3)10-31-13-4-6-14(7-5-13)33-22-27-20-15(23)9-16(32-11-17(24)25)19(26)21(20)28(22)2/h9,12-14,17H,4-8,10-11H2,1-3H3/t12-,13?,14?/m1/s1. The number of alkyl halides is 2. The van der Waals surface area contributed by atoms with Gasteiger partial charge < -0.3 is 18.9 Å². The molecular weight excluding hydrogens is 448 g/mol. The quantitative estimate of drug-likeness (QED) is 0.374. The summed E-state index contributed by atoms with van der Waals surface area (Å²) in [6.07, 6.45) is 0.0814. The number of aromatic nitrogens is 2. The van der Waals surface area contributed by atoms with Crippen LogP contribution in [0, 0.1) is 17.6 Å². The Bertz CT molecular complexity index is 960. The van der Waals surface area contributed by atoms with Crippen LogP contribution in [0.4, 0.5) is 17.6 Å². The highest BCUT2D eigenvalue weighted by molar-refractivity contribution is 5.80. The van der Waals surface area contributed by atoms with Crippen molar-refractivity contribution in [3.63, 3.8) is 0 Å². The van der Waals surface area contributed by atoms with Gasteiger partial charge in [0.1, 0.15) is 23.7 Å². The van der Waals surface area contributed by atoms with Crippen LogP contribution in [0.2, 0.25) is 0 Å². The van der Waals surface area contributed by atoms with Crippen LogP contribution in [-0.4, -0.2) is 54.5 Å². The first-order chi connectivity index (χ1) is 15.7. The molecule has 1 heterocycles. The minimum Gasteiger partial charge on any atom is -0.484 e. The zero-order valence-corrected chi connectivity index (χ0v) is 18.8. The zero-order valence-electron chi connectivity index (χ0n) is 18.8. The third-order valence-electron chi connectivity index (χ3n) is 5.58. The monoisotopic (exact) mass is 476 g/mol. The first-order valence-corrected chi connectivity index (χ1v) is 10.8. The number of methoxy groups -OCH3 is 1. The molecule has 0 spiro atoms. The normalized spacial score (nSPS) is 19.6. The number of benzene rings is 1. The van der Waals surface area contributed by atoms with Gasteiger partial charge in [-0.25, -0.2) is 17.6 Å². The maximum absolute atomic E-state index is 14.8. The minimum absolute atomic E-state index is 0.0323. The van der Waals surface area contributed by atoms with Crippen LogP contribution in [0.15, 0.2) is 6.07 Å². The van der Waals surface area contributed by atoms with Crippen LogP contribution in [0.1, 0.15) is 39.0 Å². The second-order valence-corrected chi connectivity index (χ2v) is 8.26. The minimum atomic E-state index is -2.82. The molecule has 1 saturated carbocycles. The average Bonchev–Trinajstić information content (AvgIpc) is 3.11. The van der Waals surface area contributed by atoms with Crippen LogP contribution in [0.5, 0.6) is 11.8 Å². The van der Waals surface area contributed by atoms with Crippen LogP contribution >= 0.6 is 0 Å². The van der Waals surface area contributed by atoms with Crippen molar-refractivity contribution >= 4 is 17.0 Å². The van der Waals surface area contributed by atoms with E-state index >= 15 is 0 Å². The summed E-state index contributed by atoms with van der Waals surface area (Å²) in [7, 11) is 2.81. The van der Waals surface area contributed by atoms with E-state index in [9.17, 15) is 22.4 Å². The first kappa shape index (κ1) is 25.1. The fourth-order valence-corrected chi connectivity index (χ4v) is 3.82. The smallest absolute Gasteiger partial charge is 0.305 e. The molecule has 0 amide bonds. The highest BCUT2D eigenvalue weighted by atomic mass is 19.3. The van der Waals surface area contributed by atoms with Gasteiger partial charge in [-0.05, 0) is 31.6 Å². The number of nitrogens with zero attached hydrogens (tertiary/aromatic N) is 2. The van der Waals surface area contributed by atoms with Crippen molar-refractivity contribution in [2.75, 3.05) is 20.3 Å². The SMILES string of the molecule is COC(=O)C[C@@H](C)COC1CCC(Oc2nc3c(F)cc(OCC(F)F)c(F)c3n2C)CC1. The van der Waals surface area contributed by atoms with Crippen molar-refractivity contribution < 1.29 is 41.3 Å². The number of fused-ring (bicyclic) bond motifs is 1. The molecule has 0 bridgehead atoms. The number of carbonyl (C=O) groups is 1. The second-order valence-electron chi connectivity index (χ2n) is 8.26. The van der Waals surface area contributed by atoms with E-state index < -0.39 is 30.4 Å². The third-order valence-corrected chi connectivity index (χ3v) is 5.58. The van der Waals surface area contributed by atoms with Crippen LogP contribution in [0.3, 0.4) is 0 Å². The molecule has 0 saturated heterocycles. The molecule has 0 radical (unpaired) electrons. The van der Waals surface area contributed by atoms with Gasteiger partial charge in [-0.1, -0.05) is 6.92 Å². The summed E-state index contributed by atoms with van der Waals surface area (Å²) in [5, 5.41) is 0. The molecule has 1 aliphatic rings. The number of rotatable bonds is 10. The summed E-state index contributed by atoms with van der Waals surface area (Å²) >= 11 is 0. The maximum atomic E-state index is 14.8. The third kappa shape index (κ3) is 6.27. The van der Waals surface area contributed by atoms with E-state index in [1.807, 2.05) is 6.92 Å². The molecule has 184 valence electrons. The van der Waals surface area contributed by atoms with Gasteiger partial charge in [0.05, 0.1) is 26.2 Å². The predicted octanol–water partition coefficient (Wildman–Crippen LogP) is 4.40. The van der Waals surface area contributed by atoms with Crippen LogP contribution in [-0.2, 0) is 21.3 Å². The summed E-state index contributed by atoms with van der Waals surface area (Å²) in [6, 6.07) is 0.741. The van der Waals surface area contributed by atoms with Gasteiger partial charge in [0.25, 0.3) is 12.4 Å². The Labute approximate surface area is 188 Å². The van der Waals surface area contributed by atoms with Crippen molar-refractivity contribution in [2.45, 2.75) is 57.7 Å². The molecule has 2 aromatic rings. The lowest BCUT2D eigenvalue weighted by atomic mass is 9.95. The molecule has 1 aliphatic carbocycles. The second kappa shape index (κ2) is 11.0. The molecule has 0 aliphatic heterocycles. The lowest BCUT2D eigenvalue weighted by Crippen LogP contribution is -2.30. The average molecular weight is 476 g/mol. The number of hydrogen-bond donors (Lipinski definition) is 0. The van der Waals surface area contributed by atoms with E-state index in [1.165, 1.54) is 18.7 Å². The van der Waals surface area contributed by atoms with Crippen molar-refractivity contribution in [1.29, 1.82) is 0 Å². The Balaban J connectivity index is 1.59. The first-order valence-electron chi connectivity index (χ1n) is 10.8. The summed E-state index contributed by atoms with van der Waals surface area (Å²) in [5.41, 5.74) is -0.475. The van der Waals surface area contributed by atoms with E-state index in [-0.39, 0.29) is 41.1 Å². The number of hydrogen-bond acceptors (Lipinski definition) is 6. The molecule has 7 nitrogen and oxygen atoms in total. The summed E-state index contributed by atoms with van der Waals surface area (Å²) in [5.74, 6) is -2.69. The van der Waals surface area contributed by atoms with Crippen molar-refractivity contribution in [3.05, 3.63) is 17.7 Å². The number of halogens is 4. The number of imidazole rings is 1. The van der Waals surface area contributed by atoms with Crippen molar-refractivity contribution in [2.24, 2.45) is 13.0 Å². The number of aryl methyl sites for hydroxylation is 1. The van der Waals surface area contributed by atoms with Gasteiger partial charge in [0, 0.05) is 13.1 Å². The van der Waals surface area contributed by atoms with Crippen LogP contribution < -0.4 is 9.47 Å². The molecule has 0 N–H and O–H groups in total. The Morgan fingerprint density at radius 3 is 2.48 bits per heavy atom. The maximum Gasteiger partial charge on any atom is 0.305 e. The summed E-state index contributed by atoms with van der Waals surface area (Å²) < 4.78 is 76.3. The molecule has 1 aromatic carbocycles. The van der Waals surface area contributed by atoms with E-state index in [1.54, 1.807) is 0 Å². The Hall–Kier alpha value is -2.56. The molecule has 33 heavy (non-hydrogen) atoms. The summed E-state index contributed by atoms with van der Waals surface area (Å²) in [4.78, 5) is 15.4. The summed E-state index contributed by atoms with van der Waals surface area (Å²) in [6.45, 7) is 1.32. The Morgan fingerprint density at radius 1 is 1.18 bits per heavy atom. The highest BCUT2D eigenvalue weighted by Gasteiger charge is 2.27. The van der Waals surface area contributed by atoms with Gasteiger partial charge >= 0.3 is 5.97 Å². The van der Waals surface area contributed by atoms with Crippen molar-refractivity contribution in [1.82, 2.24) is 9.55 Å². The predicted molar refractivity (Wildman–Crippen MR) is 111 cm³/mol. The molecular formula is C22H28F4N2O5. The Kier molecular flexibility index (Phi) is 8.39. The lowest BCUT2D eigenvalue weighted by molar-refractivity contribution is -0.142. The molecule has 0 unspecified atom stereocenters. The Morgan fingerprint density at radius 2 is 1.85 bits per heavy atom. The number of ether oxygens (including phenoxy) is 4. The zero-order chi connectivity index (χ0) is 24.1. The van der Waals surface area contributed by atoms with E-state index in [0.717, 1.165) is 12.8 Å². The van der Waals surface area contributed by atoms with Gasteiger partial charge in [0.2, 0.25) is 0 Å².